The maximum absolute atomic E-state index is 12.9. The molecular formula is C20H16N2O4S. The fraction of sp³-hybridized carbons (Fsp3) is 0.150. The molecule has 27 heavy (non-hydrogen) atoms. The van der Waals surface area contributed by atoms with Crippen LogP contribution in [0.3, 0.4) is 0 Å². The molecule has 1 unspecified atom stereocenters. The lowest BCUT2D eigenvalue weighted by Crippen LogP contribution is -2.29. The van der Waals surface area contributed by atoms with Gasteiger partial charge in [-0.1, -0.05) is 17.7 Å². The van der Waals surface area contributed by atoms with Crippen molar-refractivity contribution in [2.24, 2.45) is 0 Å². The summed E-state index contributed by atoms with van der Waals surface area (Å²) >= 11 is 1.24. The van der Waals surface area contributed by atoms with E-state index in [1.165, 1.54) is 22.5 Å². The number of aliphatic hydroxyl groups is 1. The second-order valence-electron chi connectivity index (χ2n) is 6.32. The Balaban J connectivity index is 1.96. The SMILES string of the molecule is Cc1ccc(C)c(C(O)=C2C(=O)C(=O)N(c3nccs3)C2c2ccco2)c1. The molecule has 1 saturated heterocycles. The van der Waals surface area contributed by atoms with Crippen LogP contribution in [-0.2, 0) is 9.59 Å². The minimum absolute atomic E-state index is 0.00106. The van der Waals surface area contributed by atoms with E-state index in [4.69, 9.17) is 4.42 Å². The van der Waals surface area contributed by atoms with Crippen LogP contribution in [0.2, 0.25) is 0 Å². The molecule has 1 atom stereocenters. The number of aromatic nitrogens is 1. The number of carbonyl (C=O) groups is 2. The first-order valence-corrected chi connectivity index (χ1v) is 9.18. The van der Waals surface area contributed by atoms with Gasteiger partial charge in [-0.05, 0) is 37.6 Å². The summed E-state index contributed by atoms with van der Waals surface area (Å²) in [6, 6.07) is 8.06. The number of benzene rings is 1. The zero-order valence-electron chi connectivity index (χ0n) is 14.7. The molecule has 0 aliphatic carbocycles. The Hall–Kier alpha value is -3.19. The number of Topliss-reactive ketones (excluding diaryl/α,β-unsaturated/α-hetero) is 1. The van der Waals surface area contributed by atoms with Crippen LogP contribution < -0.4 is 4.90 Å². The first kappa shape index (κ1) is 17.2. The molecule has 1 N–H and O–H groups in total. The summed E-state index contributed by atoms with van der Waals surface area (Å²) in [6.07, 6.45) is 3.03. The Morgan fingerprint density at radius 3 is 2.74 bits per heavy atom. The van der Waals surface area contributed by atoms with Gasteiger partial charge in [0.2, 0.25) is 0 Å². The molecule has 3 heterocycles. The number of hydrogen-bond donors (Lipinski definition) is 1. The second kappa shape index (κ2) is 6.51. The third kappa shape index (κ3) is 2.76. The van der Waals surface area contributed by atoms with Gasteiger partial charge in [0.15, 0.2) is 5.13 Å². The van der Waals surface area contributed by atoms with Crippen molar-refractivity contribution in [1.29, 1.82) is 0 Å². The number of ketones is 1. The molecule has 1 amide bonds. The van der Waals surface area contributed by atoms with E-state index in [2.05, 4.69) is 4.98 Å². The Morgan fingerprint density at radius 1 is 1.26 bits per heavy atom. The van der Waals surface area contributed by atoms with Gasteiger partial charge in [-0.15, -0.1) is 11.3 Å². The molecule has 7 heteroatoms. The number of thiazole rings is 1. The van der Waals surface area contributed by atoms with Gasteiger partial charge >= 0.3 is 5.91 Å². The third-order valence-corrected chi connectivity index (χ3v) is 5.30. The second-order valence-corrected chi connectivity index (χ2v) is 7.19. The number of hydrogen-bond acceptors (Lipinski definition) is 6. The van der Waals surface area contributed by atoms with Gasteiger partial charge < -0.3 is 9.52 Å². The minimum atomic E-state index is -0.869. The van der Waals surface area contributed by atoms with E-state index in [0.29, 0.717) is 16.5 Å². The molecule has 0 bridgehead atoms. The van der Waals surface area contributed by atoms with Crippen LogP contribution in [0, 0.1) is 13.8 Å². The molecule has 1 aliphatic rings. The number of anilines is 1. The largest absolute Gasteiger partial charge is 0.507 e. The molecule has 0 radical (unpaired) electrons. The molecule has 2 aromatic heterocycles. The highest BCUT2D eigenvalue weighted by molar-refractivity contribution is 7.14. The molecule has 4 rings (SSSR count). The third-order valence-electron chi connectivity index (χ3n) is 4.53. The average molecular weight is 380 g/mol. The van der Waals surface area contributed by atoms with E-state index >= 15 is 0 Å². The topological polar surface area (TPSA) is 83.6 Å². The van der Waals surface area contributed by atoms with Crippen LogP contribution in [0.25, 0.3) is 5.76 Å². The summed E-state index contributed by atoms with van der Waals surface area (Å²) in [5.41, 5.74) is 2.25. The summed E-state index contributed by atoms with van der Waals surface area (Å²) in [5.74, 6) is -1.32. The molecule has 0 saturated carbocycles. The monoisotopic (exact) mass is 380 g/mol. The van der Waals surface area contributed by atoms with Gasteiger partial charge in [-0.2, -0.15) is 0 Å². The molecule has 3 aromatic rings. The highest BCUT2D eigenvalue weighted by Gasteiger charge is 2.49. The molecule has 1 aromatic carbocycles. The number of furan rings is 1. The zero-order valence-corrected chi connectivity index (χ0v) is 15.5. The van der Waals surface area contributed by atoms with Crippen molar-refractivity contribution in [1.82, 2.24) is 4.98 Å². The van der Waals surface area contributed by atoms with Gasteiger partial charge in [0.25, 0.3) is 5.78 Å². The van der Waals surface area contributed by atoms with E-state index < -0.39 is 17.7 Å². The average Bonchev–Trinajstić information content (AvgIpc) is 3.39. The number of nitrogens with zero attached hydrogens (tertiary/aromatic N) is 2. The lowest BCUT2D eigenvalue weighted by molar-refractivity contribution is -0.132. The molecule has 0 spiro atoms. The minimum Gasteiger partial charge on any atom is -0.507 e. The number of carbonyl (C=O) groups excluding carboxylic acids is 2. The number of amides is 1. The maximum Gasteiger partial charge on any atom is 0.302 e. The van der Waals surface area contributed by atoms with Crippen LogP contribution in [-0.4, -0.2) is 21.8 Å². The van der Waals surface area contributed by atoms with Crippen molar-refractivity contribution >= 4 is 33.9 Å². The highest BCUT2D eigenvalue weighted by atomic mass is 32.1. The lowest BCUT2D eigenvalue weighted by atomic mass is 9.96. The van der Waals surface area contributed by atoms with E-state index in [1.807, 2.05) is 26.0 Å². The van der Waals surface area contributed by atoms with Crippen molar-refractivity contribution in [2.75, 3.05) is 4.90 Å². The molecule has 136 valence electrons. The zero-order chi connectivity index (χ0) is 19.1. The standard InChI is InChI=1S/C20H16N2O4S/c1-11-5-6-12(2)13(10-11)17(23)15-16(14-4-3-8-26-14)22(19(25)18(15)24)20-21-7-9-27-20/h3-10,16,23H,1-2H3. The van der Waals surface area contributed by atoms with Crippen molar-refractivity contribution in [3.8, 4) is 0 Å². The predicted molar refractivity (Wildman–Crippen MR) is 102 cm³/mol. The van der Waals surface area contributed by atoms with Crippen molar-refractivity contribution in [3.05, 3.63) is 76.2 Å². The normalized spacial score (nSPS) is 19.0. The summed E-state index contributed by atoms with van der Waals surface area (Å²) in [6.45, 7) is 3.74. The highest BCUT2D eigenvalue weighted by Crippen LogP contribution is 2.43. The van der Waals surface area contributed by atoms with Crippen molar-refractivity contribution in [2.45, 2.75) is 19.9 Å². The Kier molecular flexibility index (Phi) is 4.16. The van der Waals surface area contributed by atoms with E-state index in [-0.39, 0.29) is 11.3 Å². The Morgan fingerprint density at radius 2 is 2.07 bits per heavy atom. The Bertz CT molecular complexity index is 1050. The first-order valence-electron chi connectivity index (χ1n) is 8.30. The molecular weight excluding hydrogens is 364 g/mol. The smallest absolute Gasteiger partial charge is 0.302 e. The summed E-state index contributed by atoms with van der Waals surface area (Å²) in [4.78, 5) is 31.1. The first-order chi connectivity index (χ1) is 13.0. The number of aliphatic hydroxyl groups excluding tert-OH is 1. The van der Waals surface area contributed by atoms with Crippen LogP contribution in [0.4, 0.5) is 5.13 Å². The van der Waals surface area contributed by atoms with Gasteiger partial charge in [0, 0.05) is 17.1 Å². The fourth-order valence-corrected chi connectivity index (χ4v) is 3.88. The van der Waals surface area contributed by atoms with Gasteiger partial charge in [0.1, 0.15) is 17.6 Å². The quantitative estimate of drug-likeness (QED) is 0.422. The van der Waals surface area contributed by atoms with E-state index in [1.54, 1.807) is 29.8 Å². The summed E-state index contributed by atoms with van der Waals surface area (Å²) < 4.78 is 5.50. The van der Waals surface area contributed by atoms with Gasteiger partial charge in [0.05, 0.1) is 11.8 Å². The number of rotatable bonds is 3. The van der Waals surface area contributed by atoms with Crippen LogP contribution in [0.5, 0.6) is 0 Å². The predicted octanol–water partition coefficient (Wildman–Crippen LogP) is 3.98. The number of aryl methyl sites for hydroxylation is 2. The van der Waals surface area contributed by atoms with Crippen LogP contribution >= 0.6 is 11.3 Å². The van der Waals surface area contributed by atoms with E-state index in [9.17, 15) is 14.7 Å². The summed E-state index contributed by atoms with van der Waals surface area (Å²) in [7, 11) is 0. The molecule has 6 nitrogen and oxygen atoms in total. The maximum atomic E-state index is 12.9. The van der Waals surface area contributed by atoms with Crippen molar-refractivity contribution < 1.29 is 19.1 Å². The van der Waals surface area contributed by atoms with Gasteiger partial charge in [-0.25, -0.2) is 4.98 Å². The molecule has 1 aliphatic heterocycles. The lowest BCUT2D eigenvalue weighted by Gasteiger charge is -2.20. The van der Waals surface area contributed by atoms with Crippen LogP contribution in [0.15, 0.2) is 58.2 Å². The van der Waals surface area contributed by atoms with Gasteiger partial charge in [-0.3, -0.25) is 14.5 Å². The molecule has 1 fully saturated rings. The summed E-state index contributed by atoms with van der Waals surface area (Å²) in [5, 5.41) is 13.1. The fourth-order valence-electron chi connectivity index (χ4n) is 3.22. The van der Waals surface area contributed by atoms with E-state index in [0.717, 1.165) is 11.1 Å². The van der Waals surface area contributed by atoms with Crippen molar-refractivity contribution in [3.63, 3.8) is 0 Å². The van der Waals surface area contributed by atoms with Crippen LogP contribution in [0.1, 0.15) is 28.5 Å². The Labute approximate surface area is 159 Å².